The Hall–Kier alpha value is -0.870. The Morgan fingerprint density at radius 2 is 1.80 bits per heavy atom. The molecule has 0 bridgehead atoms. The molecule has 0 aliphatic carbocycles. The maximum Gasteiger partial charge on any atom is 0.137 e. The minimum Gasteiger partial charge on any atom is -0.356 e. The van der Waals surface area contributed by atoms with Crippen molar-refractivity contribution >= 4 is 17.4 Å². The van der Waals surface area contributed by atoms with Gasteiger partial charge < -0.3 is 9.80 Å². The van der Waals surface area contributed by atoms with Crippen LogP contribution in [-0.2, 0) is 6.42 Å². The smallest absolute Gasteiger partial charge is 0.137 e. The van der Waals surface area contributed by atoms with Crippen LogP contribution in [0.25, 0.3) is 0 Å². The molecule has 5 heteroatoms. The number of anilines is 1. The molecule has 0 fully saturated rings. The Morgan fingerprint density at radius 1 is 1.10 bits per heavy atom. The predicted molar refractivity (Wildman–Crippen MR) is 86.8 cm³/mol. The average molecular weight is 299 g/mol. The Kier molecular flexibility index (Phi) is 7.24. The summed E-state index contributed by atoms with van der Waals surface area (Å²) in [5.74, 6) is 1.85. The molecule has 114 valence electrons. The second-order valence-corrected chi connectivity index (χ2v) is 5.72. The van der Waals surface area contributed by atoms with Crippen molar-refractivity contribution in [3.05, 3.63) is 16.5 Å². The molecular weight excluding hydrogens is 272 g/mol. The third-order valence-corrected chi connectivity index (χ3v) is 3.66. The van der Waals surface area contributed by atoms with E-state index in [9.17, 15) is 0 Å². The van der Waals surface area contributed by atoms with Gasteiger partial charge in [-0.15, -0.1) is 0 Å². The molecule has 0 spiro atoms. The molecular formula is C15H27ClN4. The maximum absolute atomic E-state index is 6.25. The van der Waals surface area contributed by atoms with E-state index in [1.54, 1.807) is 0 Å². The number of hydrogen-bond acceptors (Lipinski definition) is 4. The molecule has 0 radical (unpaired) electrons. The van der Waals surface area contributed by atoms with Gasteiger partial charge in [0, 0.05) is 25.1 Å². The number of aryl methyl sites for hydroxylation is 1. The first-order chi connectivity index (χ1) is 9.49. The molecule has 0 aromatic carbocycles. The van der Waals surface area contributed by atoms with E-state index < -0.39 is 0 Å². The monoisotopic (exact) mass is 298 g/mol. The van der Waals surface area contributed by atoms with Gasteiger partial charge in [-0.2, -0.15) is 0 Å². The topological polar surface area (TPSA) is 32.3 Å². The highest BCUT2D eigenvalue weighted by molar-refractivity contribution is 6.30. The normalized spacial score (nSPS) is 11.2. The molecule has 0 atom stereocenters. The Labute approximate surface area is 128 Å². The highest BCUT2D eigenvalue weighted by atomic mass is 35.5. The molecule has 0 saturated heterocycles. The average Bonchev–Trinajstić information content (AvgIpc) is 2.39. The molecule has 0 amide bonds. The fourth-order valence-corrected chi connectivity index (χ4v) is 2.34. The third kappa shape index (κ3) is 4.91. The summed E-state index contributed by atoms with van der Waals surface area (Å²) >= 11 is 6.25. The minimum atomic E-state index is 0.588. The van der Waals surface area contributed by atoms with Crippen molar-refractivity contribution in [2.24, 2.45) is 0 Å². The van der Waals surface area contributed by atoms with Crippen LogP contribution in [0, 0.1) is 6.92 Å². The molecule has 20 heavy (non-hydrogen) atoms. The van der Waals surface area contributed by atoms with Crippen molar-refractivity contribution in [3.8, 4) is 0 Å². The summed E-state index contributed by atoms with van der Waals surface area (Å²) in [5, 5.41) is 0.588. The van der Waals surface area contributed by atoms with E-state index in [4.69, 9.17) is 16.6 Å². The third-order valence-electron chi connectivity index (χ3n) is 3.30. The zero-order chi connectivity index (χ0) is 15.1. The van der Waals surface area contributed by atoms with Gasteiger partial charge in [-0.05, 0) is 47.3 Å². The number of nitrogens with zero attached hydrogens (tertiary/aromatic N) is 4. The lowest BCUT2D eigenvalue weighted by atomic mass is 10.2. The lowest BCUT2D eigenvalue weighted by molar-refractivity contribution is 0.400. The summed E-state index contributed by atoms with van der Waals surface area (Å²) in [6, 6.07) is 0. The SMILES string of the molecule is CCCc1nc(Cl)c(C)c(N(CC)CCCN(C)C)n1. The van der Waals surface area contributed by atoms with Gasteiger partial charge in [0.15, 0.2) is 0 Å². The number of rotatable bonds is 8. The van der Waals surface area contributed by atoms with Crippen LogP contribution in [-0.4, -0.2) is 48.6 Å². The number of hydrogen-bond donors (Lipinski definition) is 0. The van der Waals surface area contributed by atoms with E-state index in [1.807, 2.05) is 6.92 Å². The molecule has 1 aromatic heterocycles. The van der Waals surface area contributed by atoms with E-state index in [1.165, 1.54) is 0 Å². The number of aromatic nitrogens is 2. The first-order valence-electron chi connectivity index (χ1n) is 7.42. The summed E-state index contributed by atoms with van der Waals surface area (Å²) in [7, 11) is 4.20. The highest BCUT2D eigenvalue weighted by Crippen LogP contribution is 2.24. The molecule has 0 saturated carbocycles. The quantitative estimate of drug-likeness (QED) is 0.690. The van der Waals surface area contributed by atoms with Crippen molar-refractivity contribution in [1.82, 2.24) is 14.9 Å². The zero-order valence-corrected chi connectivity index (χ0v) is 14.2. The van der Waals surface area contributed by atoms with Gasteiger partial charge >= 0.3 is 0 Å². The van der Waals surface area contributed by atoms with Gasteiger partial charge in [-0.3, -0.25) is 0 Å². The fourth-order valence-electron chi connectivity index (χ4n) is 2.16. The van der Waals surface area contributed by atoms with Crippen LogP contribution in [0.5, 0.6) is 0 Å². The van der Waals surface area contributed by atoms with Crippen LogP contribution in [0.4, 0.5) is 5.82 Å². The van der Waals surface area contributed by atoms with Crippen molar-refractivity contribution in [2.75, 3.05) is 38.6 Å². The van der Waals surface area contributed by atoms with Gasteiger partial charge in [0.1, 0.15) is 16.8 Å². The van der Waals surface area contributed by atoms with Crippen LogP contribution in [0.1, 0.15) is 38.1 Å². The highest BCUT2D eigenvalue weighted by Gasteiger charge is 2.14. The van der Waals surface area contributed by atoms with E-state index in [-0.39, 0.29) is 0 Å². The molecule has 0 aliphatic heterocycles. The van der Waals surface area contributed by atoms with Crippen molar-refractivity contribution < 1.29 is 0 Å². The molecule has 1 aromatic rings. The number of halogens is 1. The Bertz CT molecular complexity index is 421. The lowest BCUT2D eigenvalue weighted by Gasteiger charge is -2.25. The Morgan fingerprint density at radius 3 is 2.35 bits per heavy atom. The van der Waals surface area contributed by atoms with Crippen LogP contribution >= 0.6 is 11.6 Å². The Balaban J connectivity index is 2.89. The van der Waals surface area contributed by atoms with Crippen LogP contribution in [0.3, 0.4) is 0 Å². The van der Waals surface area contributed by atoms with E-state index in [2.05, 4.69) is 42.7 Å². The second-order valence-electron chi connectivity index (χ2n) is 5.37. The predicted octanol–water partition coefficient (Wildman–Crippen LogP) is 3.17. The van der Waals surface area contributed by atoms with Crippen LogP contribution < -0.4 is 4.90 Å². The minimum absolute atomic E-state index is 0.588. The van der Waals surface area contributed by atoms with Crippen molar-refractivity contribution in [1.29, 1.82) is 0 Å². The van der Waals surface area contributed by atoms with E-state index >= 15 is 0 Å². The molecule has 0 aliphatic rings. The van der Waals surface area contributed by atoms with Crippen LogP contribution in [0.2, 0.25) is 5.15 Å². The van der Waals surface area contributed by atoms with Crippen molar-refractivity contribution in [2.45, 2.75) is 40.0 Å². The van der Waals surface area contributed by atoms with E-state index in [0.29, 0.717) is 5.15 Å². The first-order valence-corrected chi connectivity index (χ1v) is 7.80. The van der Waals surface area contributed by atoms with Gasteiger partial charge in [-0.1, -0.05) is 18.5 Å². The second kappa shape index (κ2) is 8.42. The molecule has 1 heterocycles. The lowest BCUT2D eigenvalue weighted by Crippen LogP contribution is -2.29. The van der Waals surface area contributed by atoms with Gasteiger partial charge in [0.2, 0.25) is 0 Å². The summed E-state index contributed by atoms with van der Waals surface area (Å²) in [5.41, 5.74) is 0.984. The summed E-state index contributed by atoms with van der Waals surface area (Å²) in [6.45, 7) is 9.30. The standard InChI is InChI=1S/C15H27ClN4/c1-6-9-13-17-14(16)12(3)15(18-13)20(7-2)11-8-10-19(4)5/h6-11H2,1-5H3. The summed E-state index contributed by atoms with van der Waals surface area (Å²) in [4.78, 5) is 13.6. The van der Waals surface area contributed by atoms with Crippen LogP contribution in [0.15, 0.2) is 0 Å². The summed E-state index contributed by atoms with van der Waals surface area (Å²) in [6.07, 6.45) is 3.03. The van der Waals surface area contributed by atoms with Crippen molar-refractivity contribution in [3.63, 3.8) is 0 Å². The molecule has 0 unspecified atom stereocenters. The molecule has 4 nitrogen and oxygen atoms in total. The van der Waals surface area contributed by atoms with Gasteiger partial charge in [0.25, 0.3) is 0 Å². The maximum atomic E-state index is 6.25. The molecule has 1 rings (SSSR count). The first kappa shape index (κ1) is 17.2. The van der Waals surface area contributed by atoms with E-state index in [0.717, 1.165) is 56.1 Å². The molecule has 0 N–H and O–H groups in total. The zero-order valence-electron chi connectivity index (χ0n) is 13.4. The van der Waals surface area contributed by atoms with Gasteiger partial charge in [-0.25, -0.2) is 9.97 Å². The largest absolute Gasteiger partial charge is 0.356 e. The summed E-state index contributed by atoms with van der Waals surface area (Å²) < 4.78 is 0. The fraction of sp³-hybridized carbons (Fsp3) is 0.733. The van der Waals surface area contributed by atoms with Gasteiger partial charge in [0.05, 0.1) is 0 Å².